The third kappa shape index (κ3) is 4.77. The van der Waals surface area contributed by atoms with Gasteiger partial charge in [-0.2, -0.15) is 0 Å². The van der Waals surface area contributed by atoms with E-state index in [0.29, 0.717) is 24.4 Å². The molecule has 1 aliphatic rings. The molecule has 4 rings (SSSR count). The Morgan fingerprint density at radius 2 is 1.91 bits per heavy atom. The second-order valence-electron chi connectivity index (χ2n) is 7.49. The molecule has 1 aliphatic carbocycles. The van der Waals surface area contributed by atoms with Gasteiger partial charge in [-0.1, -0.05) is 17.3 Å². The van der Waals surface area contributed by atoms with E-state index in [-0.39, 0.29) is 17.6 Å². The zero-order chi connectivity index (χ0) is 22.7. The summed E-state index contributed by atoms with van der Waals surface area (Å²) in [5.41, 5.74) is 2.76. The number of esters is 1. The molecule has 9 heteroatoms. The van der Waals surface area contributed by atoms with Crippen LogP contribution in [0.1, 0.15) is 40.5 Å². The summed E-state index contributed by atoms with van der Waals surface area (Å²) in [5, 5.41) is 8.95. The molecular weight excluding hydrogens is 436 g/mol. The number of ether oxygens (including phenoxy) is 2. The molecule has 0 saturated carbocycles. The number of rotatable bonds is 7. The summed E-state index contributed by atoms with van der Waals surface area (Å²) in [6.07, 6.45) is 1.96. The van der Waals surface area contributed by atoms with Crippen LogP contribution < -0.4 is 4.74 Å². The number of thioether (sulfide) groups is 1. The normalized spacial score (nSPS) is 15.3. The van der Waals surface area contributed by atoms with Crippen molar-refractivity contribution in [3.8, 4) is 5.75 Å². The average Bonchev–Trinajstić information content (AvgIpc) is 3.17. The summed E-state index contributed by atoms with van der Waals surface area (Å²) in [5.74, 6) is -1.44. The number of benzene rings is 2. The van der Waals surface area contributed by atoms with E-state index in [1.54, 1.807) is 18.7 Å². The predicted octanol–water partition coefficient (Wildman–Crippen LogP) is 4.44. The first-order chi connectivity index (χ1) is 15.5. The highest BCUT2D eigenvalue weighted by Crippen LogP contribution is 2.36. The van der Waals surface area contributed by atoms with Crippen LogP contribution in [0.2, 0.25) is 0 Å². The van der Waals surface area contributed by atoms with E-state index in [4.69, 9.17) is 9.47 Å². The molecule has 6 nitrogen and oxygen atoms in total. The van der Waals surface area contributed by atoms with Crippen molar-refractivity contribution in [3.63, 3.8) is 0 Å². The molecule has 1 atom stereocenters. The molecule has 0 radical (unpaired) electrons. The molecule has 0 amide bonds. The highest BCUT2D eigenvalue weighted by atomic mass is 32.2. The summed E-state index contributed by atoms with van der Waals surface area (Å²) in [6, 6.07) is 10.1. The van der Waals surface area contributed by atoms with E-state index in [0.717, 1.165) is 28.9 Å². The fourth-order valence-corrected chi connectivity index (χ4v) is 5.00. The zero-order valence-electron chi connectivity index (χ0n) is 17.8. The van der Waals surface area contributed by atoms with Crippen molar-refractivity contribution in [1.82, 2.24) is 15.0 Å². The highest BCUT2D eigenvalue weighted by molar-refractivity contribution is 8.00. The van der Waals surface area contributed by atoms with Gasteiger partial charge in [-0.05, 0) is 67.1 Å². The Morgan fingerprint density at radius 1 is 1.19 bits per heavy atom. The van der Waals surface area contributed by atoms with Crippen molar-refractivity contribution in [3.05, 3.63) is 70.4 Å². The second-order valence-corrected chi connectivity index (χ2v) is 8.78. The number of methoxy groups -OCH3 is 1. The van der Waals surface area contributed by atoms with Crippen LogP contribution in [0.5, 0.6) is 5.75 Å². The molecule has 1 aromatic heterocycles. The first kappa shape index (κ1) is 22.3. The lowest BCUT2D eigenvalue weighted by molar-refractivity contribution is 0.0515. The Balaban J connectivity index is 1.59. The van der Waals surface area contributed by atoms with Gasteiger partial charge in [-0.15, -0.1) is 16.9 Å². The third-order valence-corrected chi connectivity index (χ3v) is 6.72. The maximum atomic E-state index is 13.8. The molecule has 168 valence electrons. The number of aryl methyl sites for hydroxylation is 1. The molecule has 0 saturated heterocycles. The minimum atomic E-state index is -0.840. The monoisotopic (exact) mass is 459 g/mol. The largest absolute Gasteiger partial charge is 0.497 e. The van der Waals surface area contributed by atoms with Gasteiger partial charge in [0.05, 0.1) is 20.3 Å². The minimum Gasteiger partial charge on any atom is -0.497 e. The van der Waals surface area contributed by atoms with E-state index < -0.39 is 17.6 Å². The first-order valence-corrected chi connectivity index (χ1v) is 11.2. The lowest BCUT2D eigenvalue weighted by atomic mass is 9.91. The Labute approximate surface area is 188 Å². The van der Waals surface area contributed by atoms with E-state index in [1.807, 2.05) is 24.3 Å². The predicted molar refractivity (Wildman–Crippen MR) is 116 cm³/mol. The van der Waals surface area contributed by atoms with E-state index in [1.165, 1.54) is 23.9 Å². The Kier molecular flexibility index (Phi) is 6.74. The van der Waals surface area contributed by atoms with Crippen LogP contribution in [0.3, 0.4) is 0 Å². The Bertz CT molecular complexity index is 1120. The zero-order valence-corrected chi connectivity index (χ0v) is 18.6. The van der Waals surface area contributed by atoms with Crippen molar-refractivity contribution < 1.29 is 23.0 Å². The maximum Gasteiger partial charge on any atom is 0.361 e. The van der Waals surface area contributed by atoms with Crippen LogP contribution in [0.25, 0.3) is 0 Å². The van der Waals surface area contributed by atoms with E-state index in [2.05, 4.69) is 10.3 Å². The van der Waals surface area contributed by atoms with Gasteiger partial charge in [0, 0.05) is 5.25 Å². The number of hydrogen-bond acceptors (Lipinski definition) is 6. The lowest BCUT2D eigenvalue weighted by Crippen LogP contribution is -2.19. The van der Waals surface area contributed by atoms with Gasteiger partial charge in [0.2, 0.25) is 5.69 Å². The highest BCUT2D eigenvalue weighted by Gasteiger charge is 2.28. The molecule has 1 heterocycles. The molecule has 0 N–H and O–H groups in total. The van der Waals surface area contributed by atoms with Crippen molar-refractivity contribution in [1.29, 1.82) is 0 Å². The standard InChI is InChI=1S/C23H23F2N3O3S/c1-3-31-23(29)21-22(28(27-26-21)13-14-4-7-17(30-2)8-5-14)32-18-9-6-15-11-19(24)20(25)12-16(15)10-18/h4-5,7-8,11-12,18H,3,6,9-10,13H2,1-2H3. The van der Waals surface area contributed by atoms with Gasteiger partial charge in [-0.3, -0.25) is 0 Å². The van der Waals surface area contributed by atoms with Crippen LogP contribution in [0.4, 0.5) is 8.78 Å². The fraction of sp³-hybridized carbons (Fsp3) is 0.348. The number of aromatic nitrogens is 3. The van der Waals surface area contributed by atoms with Crippen LogP contribution in [0.15, 0.2) is 41.4 Å². The minimum absolute atomic E-state index is 0.0636. The smallest absolute Gasteiger partial charge is 0.361 e. The van der Waals surface area contributed by atoms with Crippen LogP contribution in [0, 0.1) is 11.6 Å². The Hall–Kier alpha value is -2.94. The SMILES string of the molecule is CCOC(=O)c1nnn(Cc2ccc(OC)cc2)c1SC1CCc2cc(F)c(F)cc2C1. The Morgan fingerprint density at radius 3 is 2.59 bits per heavy atom. The fourth-order valence-electron chi connectivity index (χ4n) is 3.73. The average molecular weight is 460 g/mol. The number of halogens is 2. The van der Waals surface area contributed by atoms with Gasteiger partial charge in [0.15, 0.2) is 11.6 Å². The van der Waals surface area contributed by atoms with E-state index >= 15 is 0 Å². The van der Waals surface area contributed by atoms with Gasteiger partial charge < -0.3 is 9.47 Å². The van der Waals surface area contributed by atoms with Crippen molar-refractivity contribution in [2.45, 2.75) is 43.0 Å². The topological polar surface area (TPSA) is 66.2 Å². The number of hydrogen-bond donors (Lipinski definition) is 0. The van der Waals surface area contributed by atoms with Crippen LogP contribution in [-0.2, 0) is 24.1 Å². The third-order valence-electron chi connectivity index (χ3n) is 5.35. The number of carbonyl (C=O) groups is 1. The summed E-state index contributed by atoms with van der Waals surface area (Å²) in [7, 11) is 1.61. The molecule has 32 heavy (non-hydrogen) atoms. The van der Waals surface area contributed by atoms with Crippen molar-refractivity contribution in [2.24, 2.45) is 0 Å². The molecule has 0 spiro atoms. The molecule has 0 fully saturated rings. The van der Waals surface area contributed by atoms with Crippen molar-refractivity contribution in [2.75, 3.05) is 13.7 Å². The molecule has 3 aromatic rings. The van der Waals surface area contributed by atoms with Gasteiger partial charge in [0.1, 0.15) is 10.8 Å². The quantitative estimate of drug-likeness (QED) is 0.487. The van der Waals surface area contributed by atoms with Crippen molar-refractivity contribution >= 4 is 17.7 Å². The maximum absolute atomic E-state index is 13.8. The first-order valence-electron chi connectivity index (χ1n) is 10.4. The van der Waals surface area contributed by atoms with Crippen LogP contribution in [-0.4, -0.2) is 39.9 Å². The van der Waals surface area contributed by atoms with Crippen LogP contribution >= 0.6 is 11.8 Å². The number of fused-ring (bicyclic) bond motifs is 1. The van der Waals surface area contributed by atoms with Gasteiger partial charge in [-0.25, -0.2) is 18.3 Å². The lowest BCUT2D eigenvalue weighted by Gasteiger charge is -2.24. The summed E-state index contributed by atoms with van der Waals surface area (Å²) in [6.45, 7) is 2.38. The van der Waals surface area contributed by atoms with Gasteiger partial charge >= 0.3 is 5.97 Å². The molecular formula is C23H23F2N3O3S. The second kappa shape index (κ2) is 9.68. The molecule has 0 bridgehead atoms. The summed E-state index contributed by atoms with van der Waals surface area (Å²) in [4.78, 5) is 12.5. The molecule has 1 unspecified atom stereocenters. The number of carbonyl (C=O) groups excluding carboxylic acids is 1. The number of nitrogens with zero attached hydrogens (tertiary/aromatic N) is 3. The summed E-state index contributed by atoms with van der Waals surface area (Å²) >= 11 is 1.48. The molecule has 2 aromatic carbocycles. The summed E-state index contributed by atoms with van der Waals surface area (Å²) < 4.78 is 39.4. The van der Waals surface area contributed by atoms with Gasteiger partial charge in [0.25, 0.3) is 0 Å². The molecule has 0 aliphatic heterocycles. The van der Waals surface area contributed by atoms with E-state index in [9.17, 15) is 13.6 Å².